The first-order chi connectivity index (χ1) is 14.1. The summed E-state index contributed by atoms with van der Waals surface area (Å²) in [6.45, 7) is 8.10. The number of aromatic nitrogens is 4. The molecule has 0 aromatic carbocycles. The van der Waals surface area contributed by atoms with Crippen molar-refractivity contribution >= 4 is 16.9 Å². The summed E-state index contributed by atoms with van der Waals surface area (Å²) in [4.78, 5) is 0. The van der Waals surface area contributed by atoms with Gasteiger partial charge in [-0.1, -0.05) is 37.3 Å². The van der Waals surface area contributed by atoms with E-state index in [0.717, 1.165) is 25.0 Å². The van der Waals surface area contributed by atoms with Crippen molar-refractivity contribution in [2.24, 2.45) is 18.4 Å². The van der Waals surface area contributed by atoms with Gasteiger partial charge in [-0.05, 0) is 49.5 Å². The average molecular weight is 435 g/mol. The predicted molar refractivity (Wildman–Crippen MR) is 113 cm³/mol. The van der Waals surface area contributed by atoms with Crippen LogP contribution in [0.25, 0.3) is 16.3 Å². The van der Waals surface area contributed by atoms with E-state index in [9.17, 15) is 13.2 Å². The van der Waals surface area contributed by atoms with Crippen molar-refractivity contribution in [2.45, 2.75) is 52.1 Å². The highest BCUT2D eigenvalue weighted by molar-refractivity contribution is 7.15. The predicted octanol–water partition coefficient (Wildman–Crippen LogP) is 5.92. The van der Waals surface area contributed by atoms with E-state index in [4.69, 9.17) is 0 Å². The summed E-state index contributed by atoms with van der Waals surface area (Å²) >= 11 is 1.31. The van der Waals surface area contributed by atoms with Crippen molar-refractivity contribution in [3.63, 3.8) is 0 Å². The molecule has 4 nitrogen and oxygen atoms in total. The van der Waals surface area contributed by atoms with Gasteiger partial charge in [0.15, 0.2) is 5.01 Å². The topological polar surface area (TPSA) is 43.6 Å². The van der Waals surface area contributed by atoms with E-state index >= 15 is 0 Å². The molecule has 0 bridgehead atoms. The summed E-state index contributed by atoms with van der Waals surface area (Å²) < 4.78 is 42.6. The molecule has 1 atom stereocenters. The van der Waals surface area contributed by atoms with E-state index in [1.165, 1.54) is 34.7 Å². The van der Waals surface area contributed by atoms with E-state index < -0.39 is 17.7 Å². The largest absolute Gasteiger partial charge is 0.413 e. The number of fused-ring (bicyclic) bond motifs is 1. The molecule has 2 heterocycles. The normalized spacial score (nSPS) is 21.1. The maximum atomic E-state index is 13.6. The zero-order valence-corrected chi connectivity index (χ0v) is 18.2. The smallest absolute Gasteiger partial charge is 0.272 e. The Morgan fingerprint density at radius 3 is 2.73 bits per heavy atom. The fourth-order valence-electron chi connectivity index (χ4n) is 4.33. The molecular formula is C22H25F3N4S. The van der Waals surface area contributed by atoms with Crippen molar-refractivity contribution in [1.29, 1.82) is 0 Å². The molecule has 0 fully saturated rings. The minimum absolute atomic E-state index is 0.234. The highest BCUT2D eigenvalue weighted by Gasteiger charge is 2.39. The molecule has 1 unspecified atom stereocenters. The Bertz CT molecular complexity index is 1040. The second-order valence-electron chi connectivity index (χ2n) is 8.86. The van der Waals surface area contributed by atoms with Crippen LogP contribution in [0, 0.1) is 11.3 Å². The van der Waals surface area contributed by atoms with Crippen molar-refractivity contribution in [1.82, 2.24) is 20.0 Å². The third-order valence-corrected chi connectivity index (χ3v) is 6.98. The van der Waals surface area contributed by atoms with E-state index in [2.05, 4.69) is 35.7 Å². The van der Waals surface area contributed by atoms with Crippen LogP contribution in [0.5, 0.6) is 0 Å². The molecule has 160 valence electrons. The number of aryl methyl sites for hydroxylation is 1. The van der Waals surface area contributed by atoms with E-state index in [1.807, 2.05) is 17.8 Å². The number of nitrogens with zero attached hydrogens (tertiary/aromatic N) is 4. The number of rotatable bonds is 4. The summed E-state index contributed by atoms with van der Waals surface area (Å²) in [7, 11) is 1.94. The Labute approximate surface area is 178 Å². The van der Waals surface area contributed by atoms with Gasteiger partial charge in [-0.3, -0.25) is 4.68 Å². The lowest BCUT2D eigenvalue weighted by Crippen LogP contribution is -2.23. The van der Waals surface area contributed by atoms with Crippen LogP contribution in [0.15, 0.2) is 30.4 Å². The van der Waals surface area contributed by atoms with Gasteiger partial charge in [-0.2, -0.15) is 18.3 Å². The molecule has 0 amide bonds. The minimum atomic E-state index is -4.37. The zero-order valence-electron chi connectivity index (χ0n) is 17.4. The molecule has 8 heteroatoms. The molecule has 0 saturated heterocycles. The Kier molecular flexibility index (Phi) is 5.24. The van der Waals surface area contributed by atoms with Gasteiger partial charge in [-0.25, -0.2) is 0 Å². The quantitative estimate of drug-likeness (QED) is 0.561. The van der Waals surface area contributed by atoms with E-state index in [-0.39, 0.29) is 5.41 Å². The van der Waals surface area contributed by atoms with Gasteiger partial charge >= 0.3 is 6.18 Å². The lowest BCUT2D eigenvalue weighted by Gasteiger charge is -2.29. The molecule has 2 aromatic rings. The summed E-state index contributed by atoms with van der Waals surface area (Å²) in [6, 6.07) is 0. The number of halogens is 3. The van der Waals surface area contributed by atoms with Crippen molar-refractivity contribution < 1.29 is 13.2 Å². The van der Waals surface area contributed by atoms with Crippen LogP contribution in [0.2, 0.25) is 0 Å². The fraction of sp³-hybridized carbons (Fsp3) is 0.500. The third-order valence-electron chi connectivity index (χ3n) is 6.00. The van der Waals surface area contributed by atoms with Gasteiger partial charge in [-0.15, -0.1) is 16.8 Å². The van der Waals surface area contributed by atoms with Crippen LogP contribution >= 0.6 is 11.3 Å². The van der Waals surface area contributed by atoms with Crippen LogP contribution in [0.4, 0.5) is 13.2 Å². The maximum Gasteiger partial charge on any atom is 0.413 e. The van der Waals surface area contributed by atoms with E-state index in [1.54, 1.807) is 0 Å². The maximum absolute atomic E-state index is 13.6. The fourth-order valence-corrected chi connectivity index (χ4v) is 5.19. The number of allylic oxidation sites excluding steroid dienone is 5. The summed E-state index contributed by atoms with van der Waals surface area (Å²) in [6.07, 6.45) is 3.77. The lowest BCUT2D eigenvalue weighted by atomic mass is 9.76. The molecule has 0 spiro atoms. The Hall–Kier alpha value is -2.22. The molecule has 2 aromatic heterocycles. The zero-order chi connectivity index (χ0) is 21.7. The van der Waals surface area contributed by atoms with Gasteiger partial charge in [0.05, 0.1) is 0 Å². The van der Waals surface area contributed by atoms with Crippen LogP contribution in [-0.4, -0.2) is 26.2 Å². The van der Waals surface area contributed by atoms with Crippen molar-refractivity contribution in [3.8, 4) is 10.7 Å². The third kappa shape index (κ3) is 3.89. The SMILES string of the molecule is C=CCC1CC=C(c2nnc(-c3nn(C)c4c3CCC(C)(C)C4)s2)C=C1C(F)(F)F. The molecule has 0 radical (unpaired) electrons. The van der Waals surface area contributed by atoms with Crippen LogP contribution < -0.4 is 0 Å². The second kappa shape index (κ2) is 7.48. The molecule has 30 heavy (non-hydrogen) atoms. The molecule has 0 aliphatic heterocycles. The molecule has 0 saturated carbocycles. The Morgan fingerprint density at radius 1 is 1.30 bits per heavy atom. The van der Waals surface area contributed by atoms with E-state index in [0.29, 0.717) is 28.4 Å². The van der Waals surface area contributed by atoms with Gasteiger partial charge in [0, 0.05) is 29.5 Å². The molecular weight excluding hydrogens is 409 g/mol. The summed E-state index contributed by atoms with van der Waals surface area (Å²) in [5, 5.41) is 14.3. The number of alkyl halides is 3. The summed E-state index contributed by atoms with van der Waals surface area (Å²) in [5.41, 5.74) is 3.41. The lowest BCUT2D eigenvalue weighted by molar-refractivity contribution is -0.0989. The first-order valence-corrected chi connectivity index (χ1v) is 10.9. The second-order valence-corrected chi connectivity index (χ2v) is 9.84. The Balaban J connectivity index is 1.66. The minimum Gasteiger partial charge on any atom is -0.272 e. The number of hydrogen-bond donors (Lipinski definition) is 0. The monoisotopic (exact) mass is 434 g/mol. The van der Waals surface area contributed by atoms with Crippen LogP contribution in [-0.2, 0) is 19.9 Å². The van der Waals surface area contributed by atoms with Gasteiger partial charge < -0.3 is 0 Å². The first-order valence-electron chi connectivity index (χ1n) is 10.1. The Morgan fingerprint density at radius 2 is 2.03 bits per heavy atom. The molecule has 2 aliphatic rings. The highest BCUT2D eigenvalue weighted by atomic mass is 32.1. The number of hydrogen-bond acceptors (Lipinski definition) is 4. The van der Waals surface area contributed by atoms with Gasteiger partial charge in [0.1, 0.15) is 10.7 Å². The van der Waals surface area contributed by atoms with Gasteiger partial charge in [0.2, 0.25) is 0 Å². The molecule has 0 N–H and O–H groups in total. The van der Waals surface area contributed by atoms with Crippen LogP contribution in [0.1, 0.15) is 49.4 Å². The van der Waals surface area contributed by atoms with Crippen molar-refractivity contribution in [2.75, 3.05) is 0 Å². The van der Waals surface area contributed by atoms with Crippen LogP contribution in [0.3, 0.4) is 0 Å². The van der Waals surface area contributed by atoms with Crippen molar-refractivity contribution in [3.05, 3.63) is 46.6 Å². The standard InChI is InChI=1S/C22H25F3N4S/c1-5-6-13-7-8-14(11-16(13)22(23,24)25)19-26-27-20(30-19)18-15-9-10-21(2,3)12-17(15)29(4)28-18/h5,8,11,13H,1,6-7,9-10,12H2,2-4H3. The summed E-state index contributed by atoms with van der Waals surface area (Å²) in [5.74, 6) is -0.593. The average Bonchev–Trinajstić information content (AvgIpc) is 3.26. The van der Waals surface area contributed by atoms with Gasteiger partial charge in [0.25, 0.3) is 0 Å². The molecule has 2 aliphatic carbocycles. The molecule has 4 rings (SSSR count). The first kappa shape index (κ1) is 21.0. The highest BCUT2D eigenvalue weighted by Crippen LogP contribution is 2.43.